The Balaban J connectivity index is 1.66. The zero-order valence-corrected chi connectivity index (χ0v) is 15.6. The number of benzene rings is 2. The van der Waals surface area contributed by atoms with Crippen LogP contribution in [0.1, 0.15) is 24.0 Å². The second kappa shape index (κ2) is 6.86. The van der Waals surface area contributed by atoms with E-state index in [0.29, 0.717) is 16.7 Å². The van der Waals surface area contributed by atoms with Gasteiger partial charge in [0.15, 0.2) is 11.6 Å². The molecule has 27 heavy (non-hydrogen) atoms. The number of aryl methyl sites for hydroxylation is 1. The molecular weight excluding hydrogens is 351 g/mol. The molecule has 0 N–H and O–H groups in total. The molecule has 1 saturated heterocycles. The molecule has 2 aromatic rings. The lowest BCUT2D eigenvalue weighted by Crippen LogP contribution is -2.46. The smallest absolute Gasteiger partial charge is 0.401 e. The first-order chi connectivity index (χ1) is 12.8. The van der Waals surface area contributed by atoms with E-state index >= 15 is 4.39 Å². The Morgan fingerprint density at radius 3 is 2.37 bits per heavy atom. The summed E-state index contributed by atoms with van der Waals surface area (Å²) in [5, 5.41) is 0. The minimum atomic E-state index is -3.35. The van der Waals surface area contributed by atoms with E-state index in [9.17, 15) is 8.78 Å². The zero-order chi connectivity index (χ0) is 19.2. The van der Waals surface area contributed by atoms with E-state index in [0.717, 1.165) is 31.5 Å². The van der Waals surface area contributed by atoms with Crippen LogP contribution >= 0.6 is 0 Å². The van der Waals surface area contributed by atoms with E-state index in [4.69, 9.17) is 4.74 Å². The van der Waals surface area contributed by atoms with Gasteiger partial charge in [-0.15, -0.1) is 0 Å². The van der Waals surface area contributed by atoms with Gasteiger partial charge in [0.2, 0.25) is 0 Å². The third-order valence-corrected chi connectivity index (χ3v) is 5.98. The van der Waals surface area contributed by atoms with Crippen LogP contribution in [-0.4, -0.2) is 31.1 Å². The minimum absolute atomic E-state index is 0.107. The van der Waals surface area contributed by atoms with Crippen LogP contribution in [0.2, 0.25) is 0 Å². The van der Waals surface area contributed by atoms with Gasteiger partial charge in [-0.2, -0.15) is 8.78 Å². The number of fused-ring (bicyclic) bond motifs is 1. The molecule has 0 saturated carbocycles. The molecule has 4 rings (SSSR count). The van der Waals surface area contributed by atoms with Gasteiger partial charge in [-0.25, -0.2) is 4.39 Å². The second-order valence-corrected chi connectivity index (χ2v) is 7.90. The predicted octanol–water partition coefficient (Wildman–Crippen LogP) is 5.29. The van der Waals surface area contributed by atoms with Crippen LogP contribution in [0.15, 0.2) is 36.4 Å². The van der Waals surface area contributed by atoms with Crippen LogP contribution in [0.3, 0.4) is 0 Å². The van der Waals surface area contributed by atoms with Gasteiger partial charge in [0.05, 0.1) is 5.92 Å². The minimum Gasteiger partial charge on any atom is -0.429 e. The van der Waals surface area contributed by atoms with Gasteiger partial charge in [-0.1, -0.05) is 42.0 Å². The first-order valence-corrected chi connectivity index (χ1v) is 9.49. The van der Waals surface area contributed by atoms with Crippen molar-refractivity contribution >= 4 is 0 Å². The molecule has 0 bridgehead atoms. The van der Waals surface area contributed by atoms with E-state index in [1.54, 1.807) is 24.3 Å². The summed E-state index contributed by atoms with van der Waals surface area (Å²) in [5.41, 5.74) is 2.55. The molecular formula is C22H24F3NO. The average molecular weight is 375 g/mol. The van der Waals surface area contributed by atoms with Gasteiger partial charge in [-0.05, 0) is 63.4 Å². The number of likely N-dealkylation sites (tertiary alicyclic amines) is 1. The Hall–Kier alpha value is -2.01. The molecule has 144 valence electrons. The lowest BCUT2D eigenvalue weighted by atomic mass is 9.78. The molecule has 2 aromatic carbocycles. The van der Waals surface area contributed by atoms with Crippen LogP contribution < -0.4 is 4.74 Å². The number of piperidine rings is 1. The van der Waals surface area contributed by atoms with Crippen molar-refractivity contribution in [3.8, 4) is 16.9 Å². The molecule has 0 spiro atoms. The molecule has 2 aliphatic rings. The second-order valence-electron chi connectivity index (χ2n) is 7.90. The lowest BCUT2D eigenvalue weighted by molar-refractivity contribution is -0.239. The van der Waals surface area contributed by atoms with Crippen molar-refractivity contribution in [2.75, 3.05) is 20.1 Å². The van der Waals surface area contributed by atoms with Crippen molar-refractivity contribution in [3.63, 3.8) is 0 Å². The Morgan fingerprint density at radius 2 is 1.70 bits per heavy atom. The molecule has 0 radical (unpaired) electrons. The molecule has 1 fully saturated rings. The summed E-state index contributed by atoms with van der Waals surface area (Å²) in [7, 11) is 2.00. The van der Waals surface area contributed by atoms with Crippen molar-refractivity contribution in [1.82, 2.24) is 4.90 Å². The molecule has 2 heterocycles. The van der Waals surface area contributed by atoms with Crippen LogP contribution in [0.4, 0.5) is 13.2 Å². The third kappa shape index (κ3) is 3.45. The molecule has 1 atom stereocenters. The Labute approximate surface area is 157 Å². The summed E-state index contributed by atoms with van der Waals surface area (Å²) >= 11 is 0. The average Bonchev–Trinajstić information content (AvgIpc) is 2.64. The highest BCUT2D eigenvalue weighted by Gasteiger charge is 2.51. The lowest BCUT2D eigenvalue weighted by Gasteiger charge is -2.40. The maximum Gasteiger partial charge on any atom is 0.401 e. The van der Waals surface area contributed by atoms with E-state index in [1.165, 1.54) is 0 Å². The number of rotatable bonds is 2. The monoisotopic (exact) mass is 375 g/mol. The van der Waals surface area contributed by atoms with Crippen LogP contribution in [-0.2, 0) is 6.42 Å². The van der Waals surface area contributed by atoms with Crippen LogP contribution in [0, 0.1) is 24.6 Å². The van der Waals surface area contributed by atoms with E-state index in [-0.39, 0.29) is 18.1 Å². The third-order valence-electron chi connectivity index (χ3n) is 5.98. The molecule has 2 aliphatic heterocycles. The number of alkyl halides is 2. The summed E-state index contributed by atoms with van der Waals surface area (Å²) in [4.78, 5) is 2.15. The summed E-state index contributed by atoms with van der Waals surface area (Å²) < 4.78 is 49.6. The highest BCUT2D eigenvalue weighted by Crippen LogP contribution is 2.47. The molecule has 0 amide bonds. The van der Waals surface area contributed by atoms with Gasteiger partial charge >= 0.3 is 6.11 Å². The highest BCUT2D eigenvalue weighted by molar-refractivity contribution is 5.67. The summed E-state index contributed by atoms with van der Waals surface area (Å²) in [6, 6.07) is 10.8. The largest absolute Gasteiger partial charge is 0.429 e. The molecule has 2 nitrogen and oxygen atoms in total. The van der Waals surface area contributed by atoms with Crippen molar-refractivity contribution in [2.45, 2.75) is 32.3 Å². The summed E-state index contributed by atoms with van der Waals surface area (Å²) in [6.07, 6.45) is -1.75. The van der Waals surface area contributed by atoms with Crippen molar-refractivity contribution in [3.05, 3.63) is 53.3 Å². The van der Waals surface area contributed by atoms with E-state index in [2.05, 4.69) is 4.90 Å². The van der Waals surface area contributed by atoms with Crippen molar-refractivity contribution in [2.24, 2.45) is 11.8 Å². The van der Waals surface area contributed by atoms with E-state index in [1.807, 2.05) is 26.1 Å². The quantitative estimate of drug-likeness (QED) is 0.707. The van der Waals surface area contributed by atoms with Crippen molar-refractivity contribution in [1.29, 1.82) is 0 Å². The van der Waals surface area contributed by atoms with Crippen LogP contribution in [0.25, 0.3) is 11.1 Å². The topological polar surface area (TPSA) is 12.5 Å². The molecule has 1 unspecified atom stereocenters. The fourth-order valence-corrected chi connectivity index (χ4v) is 4.26. The predicted molar refractivity (Wildman–Crippen MR) is 99.6 cm³/mol. The number of hydrogen-bond acceptors (Lipinski definition) is 2. The number of halogens is 3. The van der Waals surface area contributed by atoms with Gasteiger partial charge < -0.3 is 9.64 Å². The number of ether oxygens (including phenoxy) is 1. The summed E-state index contributed by atoms with van der Waals surface area (Å²) in [5.74, 6) is -1.99. The maximum atomic E-state index is 15.0. The fraction of sp³-hybridized carbons (Fsp3) is 0.455. The number of nitrogens with zero attached hydrogens (tertiary/aromatic N) is 1. The fourth-order valence-electron chi connectivity index (χ4n) is 4.26. The SMILES string of the molecule is Cc1ccc(-c2ccc3c(c2F)OC(F)(F)C(C2CCN(C)CC2)C3)cc1. The highest BCUT2D eigenvalue weighted by atomic mass is 19.3. The maximum absolute atomic E-state index is 15.0. The van der Waals surface area contributed by atoms with Gasteiger partial charge in [0.25, 0.3) is 0 Å². The van der Waals surface area contributed by atoms with Gasteiger partial charge in [0, 0.05) is 5.56 Å². The van der Waals surface area contributed by atoms with Crippen molar-refractivity contribution < 1.29 is 17.9 Å². The Kier molecular flexibility index (Phi) is 4.66. The van der Waals surface area contributed by atoms with Crippen LogP contribution in [0.5, 0.6) is 5.75 Å². The molecule has 0 aromatic heterocycles. The standard InChI is InChI=1S/C22H24F3NO/c1-14-3-5-15(6-4-14)18-8-7-17-13-19(16-9-11-26(2)12-10-16)22(24,25)27-21(17)20(18)23/h3-8,16,19H,9-13H2,1-2H3. The Bertz CT molecular complexity index is 826. The molecule has 5 heteroatoms. The first kappa shape index (κ1) is 18.4. The Morgan fingerprint density at radius 1 is 1.04 bits per heavy atom. The van der Waals surface area contributed by atoms with Gasteiger partial charge in [0.1, 0.15) is 0 Å². The zero-order valence-electron chi connectivity index (χ0n) is 15.6. The van der Waals surface area contributed by atoms with E-state index < -0.39 is 17.8 Å². The number of hydrogen-bond donors (Lipinski definition) is 0. The van der Waals surface area contributed by atoms with Gasteiger partial charge in [-0.3, -0.25) is 0 Å². The molecule has 0 aliphatic carbocycles. The summed E-state index contributed by atoms with van der Waals surface area (Å²) in [6.45, 7) is 3.56. The normalized spacial score (nSPS) is 22.9. The first-order valence-electron chi connectivity index (χ1n) is 9.49.